The summed E-state index contributed by atoms with van der Waals surface area (Å²) in [4.78, 5) is 24.3. The van der Waals surface area contributed by atoms with Gasteiger partial charge in [0.05, 0.1) is 0 Å². The van der Waals surface area contributed by atoms with Gasteiger partial charge in [-0.3, -0.25) is 4.99 Å². The lowest BCUT2D eigenvalue weighted by Crippen LogP contribution is -2.05. The van der Waals surface area contributed by atoms with E-state index in [9.17, 15) is 9.59 Å². The van der Waals surface area contributed by atoms with Gasteiger partial charge in [0.25, 0.3) is 0 Å². The highest BCUT2D eigenvalue weighted by Gasteiger charge is 2.16. The van der Waals surface area contributed by atoms with E-state index in [1.54, 1.807) is 13.8 Å². The second kappa shape index (κ2) is 26.0. The van der Waals surface area contributed by atoms with Crippen LogP contribution in [0, 0.1) is 5.41 Å². The minimum Gasteiger partial charge on any atom is -0.300 e. The topological polar surface area (TPSA) is 46.5 Å². The molecule has 0 unspecified atom stereocenters. The van der Waals surface area contributed by atoms with E-state index in [4.69, 9.17) is 0 Å². The fourth-order valence-corrected chi connectivity index (χ4v) is 1.57. The highest BCUT2D eigenvalue weighted by Crippen LogP contribution is 2.28. The molecule has 0 saturated heterocycles. The Morgan fingerprint density at radius 1 is 0.923 bits per heavy atom. The Morgan fingerprint density at radius 3 is 1.35 bits per heavy atom. The summed E-state index contributed by atoms with van der Waals surface area (Å²) in [5.74, 6) is 0.579. The molecule has 1 rings (SSSR count). The number of rotatable bonds is 4. The Morgan fingerprint density at radius 2 is 1.27 bits per heavy atom. The van der Waals surface area contributed by atoms with Crippen LogP contribution in [0.15, 0.2) is 16.8 Å². The lowest BCUT2D eigenvalue weighted by Gasteiger charge is -2.16. The predicted molar refractivity (Wildman–Crippen MR) is 121 cm³/mol. The fraction of sp³-hybridized carbons (Fsp3) is 0.783. The molecule has 1 aliphatic rings. The molecule has 0 amide bonds. The van der Waals surface area contributed by atoms with Crippen molar-refractivity contribution >= 4 is 17.8 Å². The summed E-state index contributed by atoms with van der Waals surface area (Å²) in [7, 11) is 0. The Hall–Kier alpha value is -1.25. The molecule has 158 valence electrons. The number of nitrogens with zero attached hydrogens (tertiary/aromatic N) is 1. The van der Waals surface area contributed by atoms with Crippen LogP contribution in [0.3, 0.4) is 0 Å². The summed E-state index contributed by atoms with van der Waals surface area (Å²) < 4.78 is 0. The molecule has 0 atom stereocenters. The SMILES string of the molecule is C.CC.CC.CC(C)(C)C1=CCC=N1.CCCC(C)=O.CCCC(C)=O. The molecule has 0 aliphatic carbocycles. The van der Waals surface area contributed by atoms with Gasteiger partial charge in [-0.05, 0) is 26.7 Å². The van der Waals surface area contributed by atoms with Gasteiger partial charge in [-0.1, -0.05) is 75.8 Å². The van der Waals surface area contributed by atoms with Crippen molar-refractivity contribution in [1.29, 1.82) is 0 Å². The maximum Gasteiger partial charge on any atom is 0.129 e. The van der Waals surface area contributed by atoms with E-state index < -0.39 is 0 Å². The number of carbonyl (C=O) groups is 2. The van der Waals surface area contributed by atoms with Gasteiger partial charge >= 0.3 is 0 Å². The summed E-state index contributed by atoms with van der Waals surface area (Å²) in [5, 5.41) is 0. The first kappa shape index (κ1) is 35.8. The van der Waals surface area contributed by atoms with Gasteiger partial charge in [0.1, 0.15) is 11.6 Å². The second-order valence-corrected chi connectivity index (χ2v) is 6.29. The highest BCUT2D eigenvalue weighted by atomic mass is 16.1. The van der Waals surface area contributed by atoms with Gasteiger partial charge in [-0.15, -0.1) is 0 Å². The van der Waals surface area contributed by atoms with Crippen molar-refractivity contribution in [3.8, 4) is 0 Å². The number of Topliss-reactive ketones (excluding diaryl/α,β-unsaturated/α-hetero) is 2. The highest BCUT2D eigenvalue weighted by molar-refractivity contribution is 5.75. The number of allylic oxidation sites excluding steroid dienone is 2. The maximum atomic E-state index is 10.0. The molecule has 0 aromatic rings. The lowest BCUT2D eigenvalue weighted by atomic mass is 9.92. The van der Waals surface area contributed by atoms with E-state index in [0.717, 1.165) is 32.1 Å². The van der Waals surface area contributed by atoms with Gasteiger partial charge in [0.15, 0.2) is 0 Å². The van der Waals surface area contributed by atoms with Crippen LogP contribution in [0.25, 0.3) is 0 Å². The van der Waals surface area contributed by atoms with Crippen LogP contribution in [0.2, 0.25) is 0 Å². The summed E-state index contributed by atoms with van der Waals surface area (Å²) in [6, 6.07) is 0. The molecule has 0 saturated carbocycles. The molecule has 1 aliphatic heterocycles. The van der Waals surface area contributed by atoms with Crippen molar-refractivity contribution in [2.24, 2.45) is 10.4 Å². The zero-order chi connectivity index (χ0) is 20.9. The largest absolute Gasteiger partial charge is 0.300 e. The van der Waals surface area contributed by atoms with Gasteiger partial charge in [0, 0.05) is 36.6 Å². The van der Waals surface area contributed by atoms with Crippen LogP contribution in [-0.2, 0) is 9.59 Å². The maximum absolute atomic E-state index is 10.0. The van der Waals surface area contributed by atoms with E-state index in [-0.39, 0.29) is 24.4 Å². The third-order valence-electron chi connectivity index (χ3n) is 2.62. The van der Waals surface area contributed by atoms with Crippen LogP contribution in [0.5, 0.6) is 0 Å². The van der Waals surface area contributed by atoms with Gasteiger partial charge in [-0.2, -0.15) is 0 Å². The summed E-state index contributed by atoms with van der Waals surface area (Å²) in [6.07, 6.45) is 8.60. The Bertz CT molecular complexity index is 345. The van der Waals surface area contributed by atoms with Crippen LogP contribution >= 0.6 is 0 Å². The molecular weight excluding hydrogens is 322 g/mol. The molecule has 0 fully saturated rings. The number of hydrogen-bond acceptors (Lipinski definition) is 3. The summed E-state index contributed by atoms with van der Waals surface area (Å²) >= 11 is 0. The van der Waals surface area contributed by atoms with Crippen molar-refractivity contribution in [1.82, 2.24) is 0 Å². The van der Waals surface area contributed by atoms with Crippen molar-refractivity contribution < 1.29 is 9.59 Å². The summed E-state index contributed by atoms with van der Waals surface area (Å²) in [6.45, 7) is 21.8. The number of aliphatic imine (C=N–C) groups is 1. The minimum absolute atomic E-state index is 0. The Balaban J connectivity index is -0.0000000779. The fourth-order valence-electron chi connectivity index (χ4n) is 1.57. The van der Waals surface area contributed by atoms with E-state index in [1.165, 1.54) is 5.70 Å². The number of hydrogen-bond donors (Lipinski definition) is 0. The van der Waals surface area contributed by atoms with Crippen LogP contribution in [0.1, 0.15) is 116 Å². The third-order valence-corrected chi connectivity index (χ3v) is 2.62. The monoisotopic (exact) mass is 371 g/mol. The second-order valence-electron chi connectivity index (χ2n) is 6.29. The smallest absolute Gasteiger partial charge is 0.129 e. The van der Waals surface area contributed by atoms with Crippen molar-refractivity contribution in [2.75, 3.05) is 0 Å². The minimum atomic E-state index is 0. The zero-order valence-corrected chi connectivity index (χ0v) is 19.0. The predicted octanol–water partition coefficient (Wildman–Crippen LogP) is 7.83. The van der Waals surface area contributed by atoms with Gasteiger partial charge in [0.2, 0.25) is 0 Å². The quantitative estimate of drug-likeness (QED) is 0.505. The number of carbonyl (C=O) groups excluding carboxylic acids is 2. The molecule has 0 radical (unpaired) electrons. The first-order valence-electron chi connectivity index (χ1n) is 9.87. The van der Waals surface area contributed by atoms with E-state index in [2.05, 4.69) is 31.8 Å². The zero-order valence-electron chi connectivity index (χ0n) is 19.0. The van der Waals surface area contributed by atoms with Gasteiger partial charge < -0.3 is 9.59 Å². The third kappa shape index (κ3) is 34.2. The average molecular weight is 372 g/mol. The molecule has 0 aromatic carbocycles. The van der Waals surface area contributed by atoms with Crippen LogP contribution in [-0.4, -0.2) is 17.8 Å². The average Bonchev–Trinajstić information content (AvgIpc) is 3.07. The molecule has 0 spiro atoms. The van der Waals surface area contributed by atoms with Crippen molar-refractivity contribution in [2.45, 2.75) is 116 Å². The molecule has 1 heterocycles. The normalized spacial score (nSPS) is 10.7. The lowest BCUT2D eigenvalue weighted by molar-refractivity contribution is -0.117. The molecule has 0 aromatic heterocycles. The molecule has 26 heavy (non-hydrogen) atoms. The van der Waals surface area contributed by atoms with Crippen molar-refractivity contribution in [3.63, 3.8) is 0 Å². The molecule has 0 bridgehead atoms. The van der Waals surface area contributed by atoms with Crippen LogP contribution in [0.4, 0.5) is 0 Å². The Kier molecular flexibility index (Phi) is 35.8. The molecule has 0 N–H and O–H groups in total. The van der Waals surface area contributed by atoms with Crippen molar-refractivity contribution in [3.05, 3.63) is 11.8 Å². The summed E-state index contributed by atoms with van der Waals surface area (Å²) in [5.41, 5.74) is 1.47. The molecular formula is C23H49NO2. The van der Waals surface area contributed by atoms with E-state index in [0.29, 0.717) is 0 Å². The van der Waals surface area contributed by atoms with E-state index in [1.807, 2.05) is 47.8 Å². The standard InChI is InChI=1S/C8H13N.2C5H10O.2C2H6.CH4/c1-8(2,3)7-5-4-6-9-7;2*1-3-4-5(2)6;2*1-2;/h5-6H,4H2,1-3H3;2*3-4H2,1-2H3;2*1-2H3;1H4. The Labute approximate surface area is 165 Å². The van der Waals surface area contributed by atoms with Crippen LogP contribution < -0.4 is 0 Å². The van der Waals surface area contributed by atoms with Gasteiger partial charge in [-0.25, -0.2) is 0 Å². The molecule has 3 heteroatoms. The molecule has 3 nitrogen and oxygen atoms in total. The number of ketones is 2. The first-order chi connectivity index (χ1) is 11.6. The van der Waals surface area contributed by atoms with E-state index >= 15 is 0 Å². The first-order valence-corrected chi connectivity index (χ1v) is 9.87.